The molecule has 1 aliphatic heterocycles. The van der Waals surface area contributed by atoms with Crippen molar-refractivity contribution in [3.05, 3.63) is 23.8 Å². The summed E-state index contributed by atoms with van der Waals surface area (Å²) in [5.74, 6) is 1.51. The van der Waals surface area contributed by atoms with Gasteiger partial charge in [0.05, 0.1) is 0 Å². The number of carbonyl (C=O) groups excluding carboxylic acids is 1. The molecule has 1 amide bonds. The van der Waals surface area contributed by atoms with Crippen LogP contribution < -0.4 is 20.5 Å². The monoisotopic (exact) mass is 314 g/mol. The van der Waals surface area contributed by atoms with E-state index in [0.717, 1.165) is 17.1 Å². The SMILES string of the molecule is CC(N)CC(=O)NCC(C)(C)c1ccc2c(c1)OCO2.Cl. The van der Waals surface area contributed by atoms with Gasteiger partial charge in [0.25, 0.3) is 0 Å². The van der Waals surface area contributed by atoms with Gasteiger partial charge in [-0.3, -0.25) is 4.79 Å². The molecule has 0 radical (unpaired) electrons. The smallest absolute Gasteiger partial charge is 0.231 e. The Morgan fingerprint density at radius 2 is 2.05 bits per heavy atom. The van der Waals surface area contributed by atoms with Crippen molar-refractivity contribution in [1.29, 1.82) is 0 Å². The van der Waals surface area contributed by atoms with Gasteiger partial charge in [-0.2, -0.15) is 0 Å². The molecule has 0 bridgehead atoms. The average Bonchev–Trinajstić information content (AvgIpc) is 2.83. The molecule has 5 nitrogen and oxygen atoms in total. The molecular weight excluding hydrogens is 292 g/mol. The Bertz CT molecular complexity index is 504. The number of amides is 1. The second kappa shape index (κ2) is 7.00. The van der Waals surface area contributed by atoms with Gasteiger partial charge in [0, 0.05) is 24.4 Å². The highest BCUT2D eigenvalue weighted by molar-refractivity contribution is 5.85. The predicted octanol–water partition coefficient (Wildman–Crippen LogP) is 1.97. The Morgan fingerprint density at radius 1 is 1.38 bits per heavy atom. The fourth-order valence-electron chi connectivity index (χ4n) is 2.10. The number of hydrogen-bond acceptors (Lipinski definition) is 4. The first-order valence-corrected chi connectivity index (χ1v) is 6.81. The maximum absolute atomic E-state index is 11.7. The van der Waals surface area contributed by atoms with E-state index in [1.807, 2.05) is 25.1 Å². The minimum atomic E-state index is -0.186. The molecule has 6 heteroatoms. The van der Waals surface area contributed by atoms with E-state index in [2.05, 4.69) is 19.2 Å². The molecule has 0 fully saturated rings. The van der Waals surface area contributed by atoms with Crippen LogP contribution in [0, 0.1) is 0 Å². The molecule has 1 heterocycles. The highest BCUT2D eigenvalue weighted by Crippen LogP contribution is 2.36. The summed E-state index contributed by atoms with van der Waals surface area (Å²) in [6, 6.07) is 5.76. The average molecular weight is 315 g/mol. The Hall–Kier alpha value is -1.46. The van der Waals surface area contributed by atoms with E-state index in [-0.39, 0.29) is 36.6 Å². The van der Waals surface area contributed by atoms with Crippen molar-refractivity contribution in [3.8, 4) is 11.5 Å². The fraction of sp³-hybridized carbons (Fsp3) is 0.533. The summed E-state index contributed by atoms with van der Waals surface area (Å²) in [5.41, 5.74) is 6.53. The molecule has 0 spiro atoms. The number of ether oxygens (including phenoxy) is 2. The van der Waals surface area contributed by atoms with Crippen molar-refractivity contribution in [3.63, 3.8) is 0 Å². The van der Waals surface area contributed by atoms with Crippen LogP contribution >= 0.6 is 12.4 Å². The normalized spacial score (nSPS) is 14.3. The summed E-state index contributed by atoms with van der Waals surface area (Å²) in [6.07, 6.45) is 0.344. The third-order valence-electron chi connectivity index (χ3n) is 3.39. The molecule has 3 N–H and O–H groups in total. The van der Waals surface area contributed by atoms with Crippen molar-refractivity contribution >= 4 is 18.3 Å². The van der Waals surface area contributed by atoms with E-state index in [9.17, 15) is 4.79 Å². The Labute approximate surface area is 131 Å². The summed E-state index contributed by atoms with van der Waals surface area (Å²) < 4.78 is 10.7. The van der Waals surface area contributed by atoms with Crippen LogP contribution in [0.15, 0.2) is 18.2 Å². The summed E-state index contributed by atoms with van der Waals surface area (Å²) in [5, 5.41) is 2.93. The van der Waals surface area contributed by atoms with Crippen molar-refractivity contribution < 1.29 is 14.3 Å². The van der Waals surface area contributed by atoms with Crippen molar-refractivity contribution in [2.45, 2.75) is 38.6 Å². The molecule has 0 saturated carbocycles. The van der Waals surface area contributed by atoms with Crippen LogP contribution in [-0.2, 0) is 10.2 Å². The lowest BCUT2D eigenvalue weighted by Gasteiger charge is -2.26. The first-order chi connectivity index (χ1) is 9.38. The molecular formula is C15H23ClN2O3. The van der Waals surface area contributed by atoms with E-state index in [1.54, 1.807) is 0 Å². The molecule has 1 aromatic rings. The second-order valence-electron chi connectivity index (χ2n) is 5.91. The second-order valence-corrected chi connectivity index (χ2v) is 5.91. The highest BCUT2D eigenvalue weighted by Gasteiger charge is 2.24. The van der Waals surface area contributed by atoms with E-state index >= 15 is 0 Å². The lowest BCUT2D eigenvalue weighted by atomic mass is 9.84. The quantitative estimate of drug-likeness (QED) is 0.871. The minimum absolute atomic E-state index is 0. The van der Waals surface area contributed by atoms with Crippen LogP contribution in [0.2, 0.25) is 0 Å². The van der Waals surface area contributed by atoms with Gasteiger partial charge in [-0.25, -0.2) is 0 Å². The van der Waals surface area contributed by atoms with Crippen LogP contribution in [0.4, 0.5) is 0 Å². The Morgan fingerprint density at radius 3 is 2.71 bits per heavy atom. The van der Waals surface area contributed by atoms with Crippen LogP contribution in [0.1, 0.15) is 32.8 Å². The van der Waals surface area contributed by atoms with Gasteiger partial charge in [0.15, 0.2) is 11.5 Å². The van der Waals surface area contributed by atoms with Gasteiger partial charge in [-0.15, -0.1) is 12.4 Å². The van der Waals surface area contributed by atoms with Gasteiger partial charge in [-0.05, 0) is 24.6 Å². The molecule has 0 saturated heterocycles. The van der Waals surface area contributed by atoms with Gasteiger partial charge in [-0.1, -0.05) is 19.9 Å². The molecule has 1 atom stereocenters. The number of nitrogens with two attached hydrogens (primary N) is 1. The number of nitrogens with one attached hydrogen (secondary N) is 1. The van der Waals surface area contributed by atoms with Gasteiger partial charge < -0.3 is 20.5 Å². The largest absolute Gasteiger partial charge is 0.454 e. The molecule has 118 valence electrons. The lowest BCUT2D eigenvalue weighted by molar-refractivity contribution is -0.121. The minimum Gasteiger partial charge on any atom is -0.454 e. The Balaban J connectivity index is 0.00000220. The van der Waals surface area contributed by atoms with E-state index < -0.39 is 0 Å². The van der Waals surface area contributed by atoms with E-state index in [4.69, 9.17) is 15.2 Å². The summed E-state index contributed by atoms with van der Waals surface area (Å²) in [6.45, 7) is 6.80. The first-order valence-electron chi connectivity index (χ1n) is 6.81. The summed E-state index contributed by atoms with van der Waals surface area (Å²) >= 11 is 0. The van der Waals surface area contributed by atoms with E-state index in [1.165, 1.54) is 0 Å². The van der Waals surface area contributed by atoms with Gasteiger partial charge in [0.2, 0.25) is 12.7 Å². The molecule has 0 aromatic heterocycles. The van der Waals surface area contributed by atoms with Crippen molar-refractivity contribution in [2.24, 2.45) is 5.73 Å². The third kappa shape index (κ3) is 4.51. The van der Waals surface area contributed by atoms with Gasteiger partial charge in [0.1, 0.15) is 0 Å². The van der Waals surface area contributed by atoms with Crippen molar-refractivity contribution in [2.75, 3.05) is 13.3 Å². The zero-order valence-electron chi connectivity index (χ0n) is 12.6. The highest BCUT2D eigenvalue weighted by atomic mass is 35.5. The predicted molar refractivity (Wildman–Crippen MR) is 84.1 cm³/mol. The molecule has 1 aromatic carbocycles. The van der Waals surface area contributed by atoms with Gasteiger partial charge >= 0.3 is 0 Å². The number of hydrogen-bond donors (Lipinski definition) is 2. The van der Waals surface area contributed by atoms with Crippen LogP contribution in [-0.4, -0.2) is 25.3 Å². The lowest BCUT2D eigenvalue weighted by Crippen LogP contribution is -2.38. The molecule has 21 heavy (non-hydrogen) atoms. The zero-order valence-corrected chi connectivity index (χ0v) is 13.5. The number of benzene rings is 1. The van der Waals surface area contributed by atoms with Crippen LogP contribution in [0.5, 0.6) is 11.5 Å². The third-order valence-corrected chi connectivity index (χ3v) is 3.39. The maximum atomic E-state index is 11.7. The standard InChI is InChI=1S/C15H22N2O3.ClH/c1-10(16)6-14(18)17-8-15(2,3)11-4-5-12-13(7-11)20-9-19-12;/h4-5,7,10H,6,8-9,16H2,1-3H3,(H,17,18);1H. The fourth-order valence-corrected chi connectivity index (χ4v) is 2.10. The topological polar surface area (TPSA) is 73.6 Å². The molecule has 1 aliphatic rings. The van der Waals surface area contributed by atoms with Crippen LogP contribution in [0.25, 0.3) is 0 Å². The first kappa shape index (κ1) is 17.6. The number of halogens is 1. The molecule has 1 unspecified atom stereocenters. The molecule has 2 rings (SSSR count). The van der Waals surface area contributed by atoms with Crippen molar-refractivity contribution in [1.82, 2.24) is 5.32 Å². The Kier molecular flexibility index (Phi) is 5.87. The maximum Gasteiger partial charge on any atom is 0.231 e. The number of carbonyl (C=O) groups is 1. The summed E-state index contributed by atoms with van der Waals surface area (Å²) in [7, 11) is 0. The number of rotatable bonds is 5. The van der Waals surface area contributed by atoms with E-state index in [0.29, 0.717) is 13.0 Å². The summed E-state index contributed by atoms with van der Waals surface area (Å²) in [4.78, 5) is 11.7. The number of fused-ring (bicyclic) bond motifs is 1. The molecule has 0 aliphatic carbocycles. The van der Waals surface area contributed by atoms with Crippen LogP contribution in [0.3, 0.4) is 0 Å². The zero-order chi connectivity index (χ0) is 14.8.